The number of phenols is 1. The lowest BCUT2D eigenvalue weighted by Gasteiger charge is -2.32. The maximum absolute atomic E-state index is 14.9. The third kappa shape index (κ3) is 31.8. The van der Waals surface area contributed by atoms with Crippen LogP contribution in [0.5, 0.6) is 11.5 Å². The summed E-state index contributed by atoms with van der Waals surface area (Å²) >= 11 is 0. The highest BCUT2D eigenvalue weighted by Gasteiger charge is 2.42. The molecular formula is C75H116N12O19. The molecule has 31 nitrogen and oxygen atoms in total. The Morgan fingerprint density at radius 1 is 0.575 bits per heavy atom. The number of fused-ring (bicyclic) bond motifs is 23. The minimum absolute atomic E-state index is 0.00633. The van der Waals surface area contributed by atoms with E-state index in [-0.39, 0.29) is 81.5 Å². The SMILES string of the molecule is CC[C@H](C)[C@@H]1NC(=O)[C@@H](Cc2ccc(O)cc2)NC(=O)[C@H](CCC(N)=O)NC(=O)[C@@H]2CCCN2C(=O)[C@H](C(C)C)NC(=O)[C@@H](CCC(=O)O)NC(=O)[C@@H]([C@@H](C)O)NC(=O)[C@H](NC(=O)[C@@H](CCCN)NC(=O)[C@H](CCC(=O)O)NC(=O)CCCCCCCCCCCCCC(C)C)Cc2ccc(cc2)OC1=O. The minimum Gasteiger partial charge on any atom is -0.508 e. The number of aromatic hydroxyl groups is 1. The fourth-order valence-corrected chi connectivity index (χ4v) is 12.5. The zero-order valence-electron chi connectivity index (χ0n) is 62.5. The lowest BCUT2D eigenvalue weighted by atomic mass is 9.97. The van der Waals surface area contributed by atoms with Crippen LogP contribution < -0.4 is 64.1 Å². The second-order valence-corrected chi connectivity index (χ2v) is 28.7. The van der Waals surface area contributed by atoms with Crippen molar-refractivity contribution < 1.29 is 92.3 Å². The number of carboxylic acid groups (broad SMARTS) is 2. The van der Waals surface area contributed by atoms with Gasteiger partial charge in [-0.1, -0.05) is 143 Å². The number of ether oxygens (including phenoxy) is 1. The fourth-order valence-electron chi connectivity index (χ4n) is 12.5. The Labute approximate surface area is 620 Å². The van der Waals surface area contributed by atoms with Crippen molar-refractivity contribution in [2.24, 2.45) is 29.2 Å². The highest BCUT2D eigenvalue weighted by atomic mass is 16.5. The van der Waals surface area contributed by atoms with E-state index in [1.54, 1.807) is 27.7 Å². The van der Waals surface area contributed by atoms with E-state index < -0.39 is 193 Å². The van der Waals surface area contributed by atoms with Gasteiger partial charge in [-0.05, 0) is 118 Å². The van der Waals surface area contributed by atoms with E-state index >= 15 is 0 Å². The van der Waals surface area contributed by atoms with E-state index in [0.29, 0.717) is 24.3 Å². The minimum atomic E-state index is -1.97. The Hall–Kier alpha value is -9.26. The van der Waals surface area contributed by atoms with Gasteiger partial charge in [0.05, 0.1) is 6.10 Å². The molecule has 0 unspecified atom stereocenters. The average molecular weight is 1490 g/mol. The molecule has 2 bridgehead atoms. The van der Waals surface area contributed by atoms with Gasteiger partial charge in [-0.3, -0.25) is 62.3 Å². The van der Waals surface area contributed by atoms with Crippen LogP contribution in [0.1, 0.15) is 214 Å². The number of aliphatic hydroxyl groups is 1. The van der Waals surface area contributed by atoms with Crippen LogP contribution in [-0.4, -0.2) is 188 Å². The van der Waals surface area contributed by atoms with Crippen molar-refractivity contribution in [2.75, 3.05) is 13.1 Å². The Bertz CT molecular complexity index is 3240. The van der Waals surface area contributed by atoms with Crippen LogP contribution in [0.15, 0.2) is 48.5 Å². The monoisotopic (exact) mass is 1490 g/mol. The number of esters is 1. The van der Waals surface area contributed by atoms with Gasteiger partial charge in [-0.15, -0.1) is 0 Å². The first-order valence-corrected chi connectivity index (χ1v) is 37.5. The number of carbonyl (C=O) groups is 14. The third-order valence-electron chi connectivity index (χ3n) is 19.0. The summed E-state index contributed by atoms with van der Waals surface area (Å²) in [5.41, 5.74) is 12.1. The number of benzene rings is 2. The molecule has 1 saturated heterocycles. The molecule has 2 aromatic rings. The zero-order chi connectivity index (χ0) is 78.6. The van der Waals surface area contributed by atoms with Gasteiger partial charge >= 0.3 is 17.9 Å². The van der Waals surface area contributed by atoms with E-state index in [2.05, 4.69) is 61.7 Å². The first-order chi connectivity index (χ1) is 50.3. The summed E-state index contributed by atoms with van der Waals surface area (Å²) in [6.07, 6.45) is 7.79. The fraction of sp³-hybridized carbons (Fsp3) is 0.653. The maximum atomic E-state index is 14.9. The Morgan fingerprint density at radius 3 is 1.68 bits per heavy atom. The smallest absolute Gasteiger partial charge is 0.334 e. The van der Waals surface area contributed by atoms with Crippen molar-refractivity contribution >= 4 is 82.9 Å². The van der Waals surface area contributed by atoms with Crippen LogP contribution >= 0.6 is 0 Å². The Kier molecular flexibility index (Phi) is 39.2. The number of unbranched alkanes of at least 4 members (excludes halogenated alkanes) is 10. The second-order valence-electron chi connectivity index (χ2n) is 28.7. The predicted molar refractivity (Wildman–Crippen MR) is 391 cm³/mol. The number of aliphatic hydroxyl groups excluding tert-OH is 1. The molecule has 11 amide bonds. The lowest BCUT2D eigenvalue weighted by molar-refractivity contribution is -0.144. The van der Waals surface area contributed by atoms with Gasteiger partial charge in [-0.25, -0.2) is 4.79 Å². The number of primary amides is 1. The number of amides is 11. The number of aliphatic carboxylic acids is 2. The highest BCUT2D eigenvalue weighted by Crippen LogP contribution is 2.24. The molecular weight excluding hydrogens is 1370 g/mol. The van der Waals surface area contributed by atoms with Gasteiger partial charge in [0, 0.05) is 45.1 Å². The van der Waals surface area contributed by atoms with E-state index in [4.69, 9.17) is 16.2 Å². The molecule has 0 spiro atoms. The van der Waals surface area contributed by atoms with Crippen molar-refractivity contribution in [3.05, 3.63) is 59.7 Å². The number of carboxylic acids is 2. The van der Waals surface area contributed by atoms with Gasteiger partial charge < -0.3 is 89.4 Å². The van der Waals surface area contributed by atoms with Crippen LogP contribution in [0.3, 0.4) is 0 Å². The molecule has 17 N–H and O–H groups in total. The first-order valence-electron chi connectivity index (χ1n) is 37.5. The molecule has 0 aliphatic carbocycles. The molecule has 3 heterocycles. The van der Waals surface area contributed by atoms with Crippen LogP contribution in [0.4, 0.5) is 0 Å². The Balaban J connectivity index is 1.76. The molecule has 0 saturated carbocycles. The van der Waals surface area contributed by atoms with Crippen molar-refractivity contribution in [3.63, 3.8) is 0 Å². The molecule has 3 aliphatic rings. The summed E-state index contributed by atoms with van der Waals surface area (Å²) in [7, 11) is 0. The second kappa shape index (κ2) is 46.6. The van der Waals surface area contributed by atoms with Gasteiger partial charge in [0.2, 0.25) is 65.0 Å². The van der Waals surface area contributed by atoms with Gasteiger partial charge in [0.1, 0.15) is 71.9 Å². The van der Waals surface area contributed by atoms with E-state index in [1.165, 1.54) is 87.1 Å². The maximum Gasteiger partial charge on any atom is 0.334 e. The highest BCUT2D eigenvalue weighted by molar-refractivity contribution is 6.00. The van der Waals surface area contributed by atoms with E-state index in [9.17, 15) is 87.5 Å². The summed E-state index contributed by atoms with van der Waals surface area (Å²) < 4.78 is 5.84. The number of nitrogens with one attached hydrogen (secondary N) is 9. The van der Waals surface area contributed by atoms with Gasteiger partial charge in [-0.2, -0.15) is 0 Å². The van der Waals surface area contributed by atoms with Crippen LogP contribution in [-0.2, 0) is 80.0 Å². The van der Waals surface area contributed by atoms with Crippen molar-refractivity contribution in [3.8, 4) is 11.5 Å². The molecule has 31 heteroatoms. The number of hydrogen-bond acceptors (Lipinski definition) is 18. The summed E-state index contributed by atoms with van der Waals surface area (Å²) in [6, 6.07) is -4.51. The molecule has 1 fully saturated rings. The van der Waals surface area contributed by atoms with Gasteiger partial charge in [0.15, 0.2) is 0 Å². The number of nitrogens with zero attached hydrogens (tertiary/aromatic N) is 1. The molecule has 12 atom stereocenters. The summed E-state index contributed by atoms with van der Waals surface area (Å²) in [5.74, 6) is -14.8. The topological polar surface area (TPSA) is 493 Å². The molecule has 0 radical (unpaired) electrons. The quantitative estimate of drug-likeness (QED) is 0.0200. The number of carbonyl (C=O) groups excluding carboxylic acids is 12. The van der Waals surface area contributed by atoms with Crippen molar-refractivity contribution in [1.29, 1.82) is 0 Å². The van der Waals surface area contributed by atoms with Crippen LogP contribution in [0, 0.1) is 17.8 Å². The number of nitrogens with two attached hydrogens (primary N) is 2. The normalized spacial score (nSPS) is 21.6. The average Bonchev–Trinajstić information content (AvgIpc) is 1.60. The van der Waals surface area contributed by atoms with Gasteiger partial charge in [0.25, 0.3) is 0 Å². The third-order valence-corrected chi connectivity index (χ3v) is 19.0. The molecule has 2 aromatic carbocycles. The van der Waals surface area contributed by atoms with Crippen molar-refractivity contribution in [1.82, 2.24) is 52.8 Å². The van der Waals surface area contributed by atoms with Crippen LogP contribution in [0.25, 0.3) is 0 Å². The van der Waals surface area contributed by atoms with E-state index in [0.717, 1.165) is 43.9 Å². The summed E-state index contributed by atoms with van der Waals surface area (Å²) in [6.45, 7) is 12.1. The lowest BCUT2D eigenvalue weighted by Crippen LogP contribution is -2.62. The number of phenolic OH excluding ortho intramolecular Hbond substituents is 1. The molecule has 5 rings (SSSR count). The summed E-state index contributed by atoms with van der Waals surface area (Å²) in [4.78, 5) is 196. The molecule has 0 aromatic heterocycles. The molecule has 3 aliphatic heterocycles. The molecule has 590 valence electrons. The predicted octanol–water partition coefficient (Wildman–Crippen LogP) is 2.99. The zero-order valence-corrected chi connectivity index (χ0v) is 62.5. The first kappa shape index (κ1) is 89.1. The van der Waals surface area contributed by atoms with Crippen LogP contribution in [0.2, 0.25) is 0 Å². The molecule has 106 heavy (non-hydrogen) atoms. The van der Waals surface area contributed by atoms with Crippen molar-refractivity contribution in [2.45, 2.75) is 282 Å². The summed E-state index contributed by atoms with van der Waals surface area (Å²) in [5, 5.41) is 64.0. The largest absolute Gasteiger partial charge is 0.508 e. The Morgan fingerprint density at radius 2 is 1.11 bits per heavy atom. The standard InChI is InChI=1S/C75H116N12O19/c1-8-46(6)64-75(105)106-51-32-28-49(29-33-51)43-57(82-66(96)52(23-20-40-76)79-67(97)53(35-38-61(92)93)78-60(91)25-19-17-15-13-11-9-10-12-14-16-18-22-44(2)3)71(101)86-65(47(7)88)73(103)81-55(36-39-62(94)95)69(99)84-63(45(4)5)74(104)87-41-21-24-58(87)72(102)80-54(34-37-59(77)90)68(98)83-56(70(100)85-64)42-48-26-30-50(89)31-27-48/h26-33,44-47,52-58,63-65,88-89H,8-25,34-43,76H2,1-7H3,(H2,77,90)(H,78,91)(H,79,97)(H,80,102)(H,81,103)(H,82,96)(H,83,98)(H,84,99)(H,85,100)(H,86,101)(H,92,93)(H,94,95)/t46-,47+,52+,53-,54-,55+,56+,57+,58-,63-,64-,65+/m0/s1. The number of rotatable bonds is 37. The number of hydrogen-bond donors (Lipinski definition) is 15. The van der Waals surface area contributed by atoms with E-state index in [1.807, 2.05) is 0 Å².